The molecule has 9 heteroatoms. The maximum Gasteiger partial charge on any atom is 0.216 e. The molecule has 0 aliphatic carbocycles. The number of ketones is 1. The van der Waals surface area contributed by atoms with Crippen LogP contribution in [-0.4, -0.2) is 40.7 Å². The van der Waals surface area contributed by atoms with Crippen molar-refractivity contribution >= 4 is 51.3 Å². The Balaban J connectivity index is 1.80. The molecule has 124 valence electrons. The standard InChI is InChI=1S/C14H18N4O2S3/c1-3-15-13-17-18-14(23-13)21-8-11(20)12-5-4-10(22-12)6-7-16-9(2)19/h4-5H,3,6-8H2,1-2H3,(H,15,17)(H,16,19). The molecule has 0 atom stereocenters. The van der Waals surface area contributed by atoms with Crippen LogP contribution < -0.4 is 10.6 Å². The van der Waals surface area contributed by atoms with Gasteiger partial charge in [-0.15, -0.1) is 21.5 Å². The van der Waals surface area contributed by atoms with E-state index in [0.717, 1.165) is 32.2 Å². The number of thioether (sulfide) groups is 1. The summed E-state index contributed by atoms with van der Waals surface area (Å²) in [5.41, 5.74) is 0. The van der Waals surface area contributed by atoms with Crippen LogP contribution in [0.2, 0.25) is 0 Å². The van der Waals surface area contributed by atoms with E-state index in [0.29, 0.717) is 12.3 Å². The SMILES string of the molecule is CCNc1nnc(SCC(=O)c2ccc(CCNC(C)=O)s2)s1. The first-order valence-corrected chi connectivity index (χ1v) is 9.77. The molecule has 0 radical (unpaired) electrons. The summed E-state index contributed by atoms with van der Waals surface area (Å²) < 4.78 is 0.789. The van der Waals surface area contributed by atoms with E-state index in [2.05, 4.69) is 20.8 Å². The number of nitrogens with zero attached hydrogens (tertiary/aromatic N) is 2. The van der Waals surface area contributed by atoms with Crippen LogP contribution >= 0.6 is 34.4 Å². The Bertz CT molecular complexity index is 669. The third kappa shape index (κ3) is 5.92. The van der Waals surface area contributed by atoms with Crippen molar-refractivity contribution in [2.24, 2.45) is 0 Å². The van der Waals surface area contributed by atoms with Crippen LogP contribution in [0.4, 0.5) is 5.13 Å². The molecule has 2 rings (SSSR count). The average molecular weight is 371 g/mol. The van der Waals surface area contributed by atoms with E-state index in [-0.39, 0.29) is 11.7 Å². The Morgan fingerprint density at radius 2 is 2.09 bits per heavy atom. The summed E-state index contributed by atoms with van der Waals surface area (Å²) in [6.07, 6.45) is 0.743. The summed E-state index contributed by atoms with van der Waals surface area (Å²) in [7, 11) is 0. The molecule has 2 aromatic rings. The smallest absolute Gasteiger partial charge is 0.216 e. The maximum atomic E-state index is 12.2. The number of carbonyl (C=O) groups excluding carboxylic acids is 2. The van der Waals surface area contributed by atoms with Gasteiger partial charge in [-0.25, -0.2) is 0 Å². The minimum atomic E-state index is -0.0387. The largest absolute Gasteiger partial charge is 0.360 e. The molecule has 2 heterocycles. The number of Topliss-reactive ketones (excluding diaryl/α,β-unsaturated/α-hetero) is 1. The third-order valence-electron chi connectivity index (χ3n) is 2.74. The van der Waals surface area contributed by atoms with Gasteiger partial charge in [-0.2, -0.15) is 0 Å². The van der Waals surface area contributed by atoms with Gasteiger partial charge in [0.1, 0.15) is 0 Å². The van der Waals surface area contributed by atoms with E-state index in [9.17, 15) is 9.59 Å². The third-order valence-corrected chi connectivity index (χ3v) is 5.94. The lowest BCUT2D eigenvalue weighted by molar-refractivity contribution is -0.118. The number of thiophene rings is 1. The van der Waals surface area contributed by atoms with Crippen LogP contribution in [0.3, 0.4) is 0 Å². The highest BCUT2D eigenvalue weighted by Gasteiger charge is 2.12. The Labute approximate surface area is 147 Å². The van der Waals surface area contributed by atoms with Gasteiger partial charge in [-0.05, 0) is 25.5 Å². The second-order valence-corrected chi connectivity index (χ2v) is 7.98. The topological polar surface area (TPSA) is 84.0 Å². The number of rotatable bonds is 9. The minimum absolute atomic E-state index is 0.0387. The van der Waals surface area contributed by atoms with Gasteiger partial charge in [0.2, 0.25) is 11.0 Å². The highest BCUT2D eigenvalue weighted by Crippen LogP contribution is 2.27. The number of nitrogens with one attached hydrogen (secondary N) is 2. The van der Waals surface area contributed by atoms with Crippen LogP contribution in [0.5, 0.6) is 0 Å². The summed E-state index contributed by atoms with van der Waals surface area (Å²) in [6, 6.07) is 3.79. The van der Waals surface area contributed by atoms with Gasteiger partial charge in [0.15, 0.2) is 10.1 Å². The Morgan fingerprint density at radius 1 is 1.26 bits per heavy atom. The fourth-order valence-corrected chi connectivity index (χ4v) is 4.45. The van der Waals surface area contributed by atoms with Crippen molar-refractivity contribution in [2.45, 2.75) is 24.6 Å². The zero-order valence-corrected chi connectivity index (χ0v) is 15.4. The molecule has 1 amide bonds. The highest BCUT2D eigenvalue weighted by atomic mass is 32.2. The molecular weight excluding hydrogens is 352 g/mol. The van der Waals surface area contributed by atoms with Gasteiger partial charge in [-0.3, -0.25) is 9.59 Å². The number of amides is 1. The van der Waals surface area contributed by atoms with Gasteiger partial charge in [-0.1, -0.05) is 23.1 Å². The predicted molar refractivity (Wildman–Crippen MR) is 95.8 cm³/mol. The van der Waals surface area contributed by atoms with Crippen molar-refractivity contribution in [3.63, 3.8) is 0 Å². The van der Waals surface area contributed by atoms with Gasteiger partial charge < -0.3 is 10.6 Å². The quantitative estimate of drug-likeness (QED) is 0.521. The molecule has 0 spiro atoms. The van der Waals surface area contributed by atoms with E-state index < -0.39 is 0 Å². The molecule has 2 aromatic heterocycles. The lowest BCUT2D eigenvalue weighted by atomic mass is 10.3. The molecule has 0 unspecified atom stereocenters. The van der Waals surface area contributed by atoms with Crippen LogP contribution in [-0.2, 0) is 11.2 Å². The molecule has 0 bridgehead atoms. The zero-order valence-electron chi connectivity index (χ0n) is 12.9. The fraction of sp³-hybridized carbons (Fsp3) is 0.429. The van der Waals surface area contributed by atoms with E-state index in [1.807, 2.05) is 19.1 Å². The molecule has 0 aliphatic rings. The molecule has 0 saturated heterocycles. The van der Waals surface area contributed by atoms with Crippen molar-refractivity contribution in [3.05, 3.63) is 21.9 Å². The first kappa shape index (κ1) is 17.9. The lowest BCUT2D eigenvalue weighted by Crippen LogP contribution is -2.22. The summed E-state index contributed by atoms with van der Waals surface area (Å²) in [5.74, 6) is 0.404. The second-order valence-electron chi connectivity index (χ2n) is 4.61. The lowest BCUT2D eigenvalue weighted by Gasteiger charge is -1.99. The zero-order chi connectivity index (χ0) is 16.7. The number of hydrogen-bond donors (Lipinski definition) is 2. The second kappa shape index (κ2) is 8.99. The van der Waals surface area contributed by atoms with Gasteiger partial charge in [0.05, 0.1) is 10.6 Å². The van der Waals surface area contributed by atoms with Crippen molar-refractivity contribution in [1.29, 1.82) is 0 Å². The number of carbonyl (C=O) groups is 2. The highest BCUT2D eigenvalue weighted by molar-refractivity contribution is 8.01. The molecule has 6 nitrogen and oxygen atoms in total. The van der Waals surface area contributed by atoms with Gasteiger partial charge in [0, 0.05) is 24.9 Å². The van der Waals surface area contributed by atoms with Crippen molar-refractivity contribution in [3.8, 4) is 0 Å². The Morgan fingerprint density at radius 3 is 2.83 bits per heavy atom. The average Bonchev–Trinajstić information content (AvgIpc) is 3.14. The summed E-state index contributed by atoms with van der Waals surface area (Å²) in [5, 5.41) is 14.7. The summed E-state index contributed by atoms with van der Waals surface area (Å²) in [6.45, 7) is 4.89. The predicted octanol–water partition coefficient (Wildman–Crippen LogP) is 2.69. The summed E-state index contributed by atoms with van der Waals surface area (Å²) in [4.78, 5) is 24.9. The Hall–Kier alpha value is -1.45. The van der Waals surface area contributed by atoms with Crippen molar-refractivity contribution in [1.82, 2.24) is 15.5 Å². The molecule has 0 aromatic carbocycles. The molecule has 0 fully saturated rings. The van der Waals surface area contributed by atoms with Gasteiger partial charge >= 0.3 is 0 Å². The first-order valence-electron chi connectivity index (χ1n) is 7.15. The van der Waals surface area contributed by atoms with Crippen molar-refractivity contribution < 1.29 is 9.59 Å². The van der Waals surface area contributed by atoms with E-state index in [1.54, 1.807) is 0 Å². The monoisotopic (exact) mass is 370 g/mol. The maximum absolute atomic E-state index is 12.2. The Kier molecular flexibility index (Phi) is 7.00. The molecule has 0 saturated carbocycles. The van der Waals surface area contributed by atoms with Crippen LogP contribution in [0.15, 0.2) is 16.5 Å². The number of hydrogen-bond acceptors (Lipinski definition) is 8. The van der Waals surface area contributed by atoms with Crippen LogP contribution in [0, 0.1) is 0 Å². The molecule has 0 aliphatic heterocycles. The van der Waals surface area contributed by atoms with Gasteiger partial charge in [0.25, 0.3) is 0 Å². The molecule has 2 N–H and O–H groups in total. The van der Waals surface area contributed by atoms with E-state index >= 15 is 0 Å². The fourth-order valence-electron chi connectivity index (χ4n) is 1.71. The number of aromatic nitrogens is 2. The summed E-state index contributed by atoms with van der Waals surface area (Å²) >= 11 is 4.34. The number of anilines is 1. The minimum Gasteiger partial charge on any atom is -0.360 e. The van der Waals surface area contributed by atoms with Crippen LogP contribution in [0.25, 0.3) is 0 Å². The van der Waals surface area contributed by atoms with Crippen LogP contribution in [0.1, 0.15) is 28.4 Å². The van der Waals surface area contributed by atoms with E-state index in [4.69, 9.17) is 0 Å². The van der Waals surface area contributed by atoms with Crippen molar-refractivity contribution in [2.75, 3.05) is 24.2 Å². The molecule has 23 heavy (non-hydrogen) atoms. The normalized spacial score (nSPS) is 10.5. The first-order chi connectivity index (χ1) is 11.1. The molecular formula is C14H18N4O2S3. The van der Waals surface area contributed by atoms with E-state index in [1.165, 1.54) is 41.4 Å².